The zero-order valence-electron chi connectivity index (χ0n) is 10.6. The number of halogens is 2. The van der Waals surface area contributed by atoms with Crippen LogP contribution in [0.15, 0.2) is 36.4 Å². The van der Waals surface area contributed by atoms with E-state index in [1.165, 1.54) is 30.3 Å². The van der Waals surface area contributed by atoms with E-state index >= 15 is 0 Å². The Hall–Kier alpha value is -2.18. The molecule has 1 amide bonds. The van der Waals surface area contributed by atoms with Gasteiger partial charge in [0.2, 0.25) is 0 Å². The number of nitrogens with two attached hydrogens (primary N) is 1. The van der Waals surface area contributed by atoms with Gasteiger partial charge in [-0.05, 0) is 36.4 Å². The molecule has 0 heterocycles. The van der Waals surface area contributed by atoms with Crippen LogP contribution < -0.4 is 11.1 Å². The number of anilines is 1. The molecule has 7 heteroatoms. The predicted molar refractivity (Wildman–Crippen MR) is 83.4 cm³/mol. The van der Waals surface area contributed by atoms with Gasteiger partial charge >= 0.3 is 0 Å². The van der Waals surface area contributed by atoms with E-state index in [2.05, 4.69) is 5.32 Å². The lowest BCUT2D eigenvalue weighted by molar-refractivity contribution is 0.102. The maximum absolute atomic E-state index is 13.2. The van der Waals surface area contributed by atoms with E-state index in [4.69, 9.17) is 29.6 Å². The SMILES string of the molecule is NC(=S)c1cc(F)ccc1NC(=O)c1cc(O)ccc1Cl. The molecule has 2 aromatic rings. The highest BCUT2D eigenvalue weighted by atomic mass is 35.5. The molecule has 0 saturated heterocycles. The van der Waals surface area contributed by atoms with Gasteiger partial charge in [0.15, 0.2) is 0 Å². The number of phenolic OH excluding ortho intramolecular Hbond substituents is 1. The van der Waals surface area contributed by atoms with Crippen LogP contribution in [-0.4, -0.2) is 16.0 Å². The van der Waals surface area contributed by atoms with E-state index in [1.807, 2.05) is 0 Å². The number of benzene rings is 2. The molecule has 0 saturated carbocycles. The second-order valence-electron chi connectivity index (χ2n) is 4.17. The highest BCUT2D eigenvalue weighted by Crippen LogP contribution is 2.24. The molecule has 108 valence electrons. The fourth-order valence-electron chi connectivity index (χ4n) is 1.71. The quantitative estimate of drug-likeness (QED) is 0.758. The number of rotatable bonds is 3. The Morgan fingerprint density at radius 2 is 1.95 bits per heavy atom. The summed E-state index contributed by atoms with van der Waals surface area (Å²) < 4.78 is 13.2. The summed E-state index contributed by atoms with van der Waals surface area (Å²) in [7, 11) is 0. The molecule has 0 aliphatic rings. The summed E-state index contributed by atoms with van der Waals surface area (Å²) in [5.41, 5.74) is 6.04. The van der Waals surface area contributed by atoms with Crippen LogP contribution in [0.5, 0.6) is 5.75 Å². The third kappa shape index (κ3) is 3.48. The van der Waals surface area contributed by atoms with Crippen molar-refractivity contribution >= 4 is 40.4 Å². The maximum Gasteiger partial charge on any atom is 0.257 e. The number of aromatic hydroxyl groups is 1. The molecule has 0 aromatic heterocycles. The average molecular weight is 325 g/mol. The number of amides is 1. The normalized spacial score (nSPS) is 10.2. The third-order valence-corrected chi connectivity index (χ3v) is 3.24. The molecular weight excluding hydrogens is 315 g/mol. The third-order valence-electron chi connectivity index (χ3n) is 2.69. The second-order valence-corrected chi connectivity index (χ2v) is 5.02. The minimum Gasteiger partial charge on any atom is -0.508 e. The predicted octanol–water partition coefficient (Wildman–Crippen LogP) is 3.07. The van der Waals surface area contributed by atoms with E-state index in [1.54, 1.807) is 0 Å². The van der Waals surface area contributed by atoms with Crippen LogP contribution in [0, 0.1) is 5.82 Å². The fraction of sp³-hybridized carbons (Fsp3) is 0. The summed E-state index contributed by atoms with van der Waals surface area (Å²) in [6.07, 6.45) is 0. The molecule has 2 aromatic carbocycles. The lowest BCUT2D eigenvalue weighted by Gasteiger charge is -2.11. The number of carbonyl (C=O) groups is 1. The van der Waals surface area contributed by atoms with Crippen molar-refractivity contribution in [3.8, 4) is 5.75 Å². The molecule has 4 N–H and O–H groups in total. The Balaban J connectivity index is 2.36. The molecule has 0 fully saturated rings. The fourth-order valence-corrected chi connectivity index (χ4v) is 2.08. The van der Waals surface area contributed by atoms with Gasteiger partial charge in [0.25, 0.3) is 5.91 Å². The first-order valence-corrected chi connectivity index (χ1v) is 6.56. The van der Waals surface area contributed by atoms with Gasteiger partial charge in [-0.2, -0.15) is 0 Å². The van der Waals surface area contributed by atoms with Gasteiger partial charge in [-0.15, -0.1) is 0 Å². The minimum absolute atomic E-state index is 0.0493. The summed E-state index contributed by atoms with van der Waals surface area (Å²) in [5, 5.41) is 12.1. The molecule has 0 spiro atoms. The topological polar surface area (TPSA) is 75.3 Å². The minimum atomic E-state index is -0.569. The number of carbonyl (C=O) groups excluding carboxylic acids is 1. The highest BCUT2D eigenvalue weighted by molar-refractivity contribution is 7.80. The molecule has 21 heavy (non-hydrogen) atoms. The maximum atomic E-state index is 13.2. The van der Waals surface area contributed by atoms with Crippen LogP contribution in [0.4, 0.5) is 10.1 Å². The Morgan fingerprint density at radius 3 is 2.62 bits per heavy atom. The van der Waals surface area contributed by atoms with Crippen molar-refractivity contribution < 1.29 is 14.3 Å². The lowest BCUT2D eigenvalue weighted by Crippen LogP contribution is -2.18. The summed E-state index contributed by atoms with van der Waals surface area (Å²) >= 11 is 10.7. The van der Waals surface area contributed by atoms with Crippen molar-refractivity contribution in [2.45, 2.75) is 0 Å². The van der Waals surface area contributed by atoms with Crippen molar-refractivity contribution in [2.24, 2.45) is 5.73 Å². The van der Waals surface area contributed by atoms with Crippen LogP contribution >= 0.6 is 23.8 Å². The first-order valence-electron chi connectivity index (χ1n) is 5.77. The van der Waals surface area contributed by atoms with Crippen molar-refractivity contribution in [2.75, 3.05) is 5.32 Å². The number of hydrogen-bond acceptors (Lipinski definition) is 3. The Bertz CT molecular complexity index is 737. The highest BCUT2D eigenvalue weighted by Gasteiger charge is 2.14. The van der Waals surface area contributed by atoms with E-state index < -0.39 is 11.7 Å². The van der Waals surface area contributed by atoms with E-state index in [-0.39, 0.29) is 32.6 Å². The molecule has 4 nitrogen and oxygen atoms in total. The zero-order valence-corrected chi connectivity index (χ0v) is 12.1. The zero-order chi connectivity index (χ0) is 15.6. The molecule has 0 bridgehead atoms. The summed E-state index contributed by atoms with van der Waals surface area (Å²) in [6.45, 7) is 0. The molecule has 0 unspecified atom stereocenters. The molecule has 2 rings (SSSR count). The standard InChI is InChI=1S/C14H10ClFN2O2S/c15-11-3-2-8(19)6-9(11)14(20)18-12-4-1-7(16)5-10(12)13(17)21/h1-6,19H,(H2,17,21)(H,18,20). The van der Waals surface area contributed by atoms with E-state index in [0.29, 0.717) is 0 Å². The molecule has 0 radical (unpaired) electrons. The van der Waals surface area contributed by atoms with Crippen molar-refractivity contribution in [1.29, 1.82) is 0 Å². The Labute approximate surface area is 130 Å². The molecule has 0 atom stereocenters. The van der Waals surface area contributed by atoms with Gasteiger partial charge < -0.3 is 16.2 Å². The van der Waals surface area contributed by atoms with E-state index in [9.17, 15) is 14.3 Å². The van der Waals surface area contributed by atoms with Crippen LogP contribution in [-0.2, 0) is 0 Å². The Kier molecular flexibility index (Phi) is 4.40. The largest absolute Gasteiger partial charge is 0.508 e. The monoisotopic (exact) mass is 324 g/mol. The van der Waals surface area contributed by atoms with Crippen molar-refractivity contribution in [3.05, 3.63) is 58.4 Å². The second kappa shape index (κ2) is 6.07. The first-order chi connectivity index (χ1) is 9.88. The van der Waals surface area contributed by atoms with Gasteiger partial charge in [0, 0.05) is 5.56 Å². The van der Waals surface area contributed by atoms with Crippen molar-refractivity contribution in [1.82, 2.24) is 0 Å². The average Bonchev–Trinajstić information content (AvgIpc) is 2.43. The Morgan fingerprint density at radius 1 is 1.24 bits per heavy atom. The molecule has 0 aliphatic heterocycles. The summed E-state index contributed by atoms with van der Waals surface area (Å²) in [6, 6.07) is 7.62. The van der Waals surface area contributed by atoms with Gasteiger partial charge in [-0.25, -0.2) is 4.39 Å². The molecule has 0 aliphatic carbocycles. The summed E-state index contributed by atoms with van der Waals surface area (Å²) in [5.74, 6) is -1.19. The van der Waals surface area contributed by atoms with Gasteiger partial charge in [0.05, 0.1) is 16.3 Å². The molecular formula is C14H10ClFN2O2S. The number of phenols is 1. The van der Waals surface area contributed by atoms with Gasteiger partial charge in [-0.1, -0.05) is 23.8 Å². The number of nitrogens with one attached hydrogen (secondary N) is 1. The van der Waals surface area contributed by atoms with E-state index in [0.717, 1.165) is 6.07 Å². The van der Waals surface area contributed by atoms with Gasteiger partial charge in [0.1, 0.15) is 16.6 Å². The number of thiocarbonyl (C=S) groups is 1. The van der Waals surface area contributed by atoms with Crippen LogP contribution in [0.2, 0.25) is 5.02 Å². The summed E-state index contributed by atoms with van der Waals surface area (Å²) in [4.78, 5) is 12.1. The first kappa shape index (κ1) is 15.2. The smallest absolute Gasteiger partial charge is 0.257 e. The van der Waals surface area contributed by atoms with Crippen molar-refractivity contribution in [3.63, 3.8) is 0 Å². The van der Waals surface area contributed by atoms with Crippen LogP contribution in [0.3, 0.4) is 0 Å². The van der Waals surface area contributed by atoms with Crippen LogP contribution in [0.1, 0.15) is 15.9 Å². The van der Waals surface area contributed by atoms with Crippen LogP contribution in [0.25, 0.3) is 0 Å². The lowest BCUT2D eigenvalue weighted by atomic mass is 10.1. The van der Waals surface area contributed by atoms with Gasteiger partial charge in [-0.3, -0.25) is 4.79 Å². The number of hydrogen-bond donors (Lipinski definition) is 3.